The second-order valence-electron chi connectivity index (χ2n) is 23.6. The highest BCUT2D eigenvalue weighted by Gasteiger charge is 2.47. The lowest BCUT2D eigenvalue weighted by molar-refractivity contribution is -0.305. The maximum atomic E-state index is 13.5. The van der Waals surface area contributed by atoms with Crippen molar-refractivity contribution < 1.29 is 49.3 Å². The molecule has 0 bridgehead atoms. The standard InChI is InChI=1S/C71H127NO10/c1-4-7-10-13-16-19-22-25-27-28-29-30-31-32-33-34-35-36-37-39-40-43-46-49-52-55-58-64(75)70(79)72-62(63(74)57-54-51-48-45-42-24-21-18-15-12-9-6-3)61-80-71-69(68(78)67(77)65(60-73)81-71)82-66(76)59-56-53-50-47-44-41-38-26-23-20-17-14-11-8-5-2/h8,11,14,17,20,23,25-27,38,54,57,62-65,67-69,71,73-75,77-78H,4-7,9-10,12-13,15-16,18-19,21-22,24,28-37,39-53,55-56,58-61H2,1-3H3,(H,72,79)/b11-8+,17-14+,23-20+,27-25+,38-26-,57-54+. The summed E-state index contributed by atoms with van der Waals surface area (Å²) in [5.74, 6) is -1.21. The maximum Gasteiger partial charge on any atom is 0.306 e. The van der Waals surface area contributed by atoms with Crippen molar-refractivity contribution in [1.29, 1.82) is 0 Å². The molecular formula is C71H127NO10. The number of rotatable bonds is 58. The van der Waals surface area contributed by atoms with Gasteiger partial charge in [-0.05, 0) is 70.6 Å². The molecule has 0 aromatic heterocycles. The summed E-state index contributed by atoms with van der Waals surface area (Å²) in [6.07, 6.45) is 65.3. The normalized spacial score (nSPS) is 19.0. The van der Waals surface area contributed by atoms with E-state index in [0.717, 1.165) is 77.0 Å². The van der Waals surface area contributed by atoms with Crippen LogP contribution in [0.4, 0.5) is 0 Å². The van der Waals surface area contributed by atoms with E-state index in [1.165, 1.54) is 180 Å². The predicted molar refractivity (Wildman–Crippen MR) is 343 cm³/mol. The number of aliphatic hydroxyl groups excluding tert-OH is 5. The van der Waals surface area contributed by atoms with Gasteiger partial charge in [-0.3, -0.25) is 9.59 Å². The largest absolute Gasteiger partial charge is 0.454 e. The minimum Gasteiger partial charge on any atom is -0.454 e. The van der Waals surface area contributed by atoms with Crippen LogP contribution < -0.4 is 5.32 Å². The first-order valence-electron chi connectivity index (χ1n) is 34.3. The molecular weight excluding hydrogens is 1030 g/mol. The predicted octanol–water partition coefficient (Wildman–Crippen LogP) is 17.1. The Morgan fingerprint density at radius 2 is 0.890 bits per heavy atom. The van der Waals surface area contributed by atoms with Gasteiger partial charge < -0.3 is 45.1 Å². The number of nitrogens with one attached hydrogen (secondary N) is 1. The van der Waals surface area contributed by atoms with E-state index in [2.05, 4.69) is 56.5 Å². The van der Waals surface area contributed by atoms with E-state index in [9.17, 15) is 35.1 Å². The first-order chi connectivity index (χ1) is 40.2. The van der Waals surface area contributed by atoms with Gasteiger partial charge in [0.1, 0.15) is 24.4 Å². The molecule has 0 aromatic rings. The van der Waals surface area contributed by atoms with Crippen molar-refractivity contribution in [3.8, 4) is 0 Å². The first-order valence-corrected chi connectivity index (χ1v) is 34.3. The summed E-state index contributed by atoms with van der Waals surface area (Å²) >= 11 is 0. The summed E-state index contributed by atoms with van der Waals surface area (Å²) in [5, 5.41) is 57.1. The minimum absolute atomic E-state index is 0.0961. The molecule has 11 nitrogen and oxygen atoms in total. The van der Waals surface area contributed by atoms with Gasteiger partial charge in [0.05, 0.1) is 25.4 Å². The monoisotopic (exact) mass is 1150 g/mol. The molecule has 0 radical (unpaired) electrons. The van der Waals surface area contributed by atoms with Crippen molar-refractivity contribution in [3.63, 3.8) is 0 Å². The van der Waals surface area contributed by atoms with Crippen molar-refractivity contribution >= 4 is 11.9 Å². The van der Waals surface area contributed by atoms with E-state index >= 15 is 0 Å². The lowest BCUT2D eigenvalue weighted by Crippen LogP contribution is -2.61. The van der Waals surface area contributed by atoms with Crippen molar-refractivity contribution in [2.24, 2.45) is 0 Å². The lowest BCUT2D eigenvalue weighted by atomic mass is 9.99. The fourth-order valence-electron chi connectivity index (χ4n) is 10.5. The van der Waals surface area contributed by atoms with E-state index in [1.54, 1.807) is 6.08 Å². The van der Waals surface area contributed by atoms with Crippen molar-refractivity contribution in [2.75, 3.05) is 13.2 Å². The summed E-state index contributed by atoms with van der Waals surface area (Å²) in [4.78, 5) is 26.6. The Balaban J connectivity index is 2.57. The molecule has 1 fully saturated rings. The topological polar surface area (TPSA) is 175 Å². The number of carbonyl (C=O) groups excluding carboxylic acids is 2. The van der Waals surface area contributed by atoms with Crippen LogP contribution in [0.15, 0.2) is 72.9 Å². The molecule has 476 valence electrons. The molecule has 1 amide bonds. The Morgan fingerprint density at radius 3 is 1.35 bits per heavy atom. The Bertz CT molecular complexity index is 1610. The number of carbonyl (C=O) groups is 2. The van der Waals surface area contributed by atoms with Gasteiger partial charge in [0.25, 0.3) is 0 Å². The first kappa shape index (κ1) is 77.1. The molecule has 1 rings (SSSR count). The quantitative estimate of drug-likeness (QED) is 0.0149. The van der Waals surface area contributed by atoms with E-state index in [0.29, 0.717) is 12.8 Å². The van der Waals surface area contributed by atoms with Gasteiger partial charge in [0.15, 0.2) is 12.4 Å². The highest BCUT2D eigenvalue weighted by molar-refractivity contribution is 5.80. The fraction of sp³-hybridized carbons (Fsp3) is 0.803. The molecule has 6 N–H and O–H groups in total. The molecule has 0 aromatic carbocycles. The molecule has 0 aliphatic carbocycles. The van der Waals surface area contributed by atoms with Crippen LogP contribution in [0.5, 0.6) is 0 Å². The van der Waals surface area contributed by atoms with Crippen molar-refractivity contribution in [3.05, 3.63) is 72.9 Å². The van der Waals surface area contributed by atoms with Crippen LogP contribution >= 0.6 is 0 Å². The SMILES string of the molecule is CC/C=C/C=C/C=C/C=C\CCCCCCCC(=O)OC1C(OCC(NC(=O)C(O)CCCCCCCCCCCCCCCCCC/C=C/CCCCCCCC)C(O)/C=C/CCCCCCCCCCCC)OC(CO)C(O)C1O. The summed E-state index contributed by atoms with van der Waals surface area (Å²) < 4.78 is 17.6. The number of esters is 1. The number of aliphatic hydroxyl groups is 5. The second-order valence-corrected chi connectivity index (χ2v) is 23.6. The van der Waals surface area contributed by atoms with E-state index in [4.69, 9.17) is 14.2 Å². The van der Waals surface area contributed by atoms with Crippen molar-refractivity contribution in [1.82, 2.24) is 5.32 Å². The van der Waals surface area contributed by atoms with Crippen LogP contribution in [-0.4, -0.2) is 99.6 Å². The molecule has 1 aliphatic heterocycles. The number of amides is 1. The van der Waals surface area contributed by atoms with Gasteiger partial charge >= 0.3 is 5.97 Å². The van der Waals surface area contributed by atoms with E-state index < -0.39 is 67.4 Å². The molecule has 8 atom stereocenters. The van der Waals surface area contributed by atoms with Gasteiger partial charge in [-0.2, -0.15) is 0 Å². The highest BCUT2D eigenvalue weighted by atomic mass is 16.7. The van der Waals surface area contributed by atoms with Crippen LogP contribution in [-0.2, 0) is 23.8 Å². The zero-order valence-electron chi connectivity index (χ0n) is 52.9. The minimum atomic E-state index is -1.63. The molecule has 11 heteroatoms. The smallest absolute Gasteiger partial charge is 0.306 e. The Kier molecular flexibility index (Phi) is 55.0. The summed E-state index contributed by atoms with van der Waals surface area (Å²) in [6, 6.07) is -1.03. The van der Waals surface area contributed by atoms with Crippen LogP contribution in [0, 0.1) is 0 Å². The van der Waals surface area contributed by atoms with Crippen molar-refractivity contribution in [2.45, 2.75) is 352 Å². The third-order valence-corrected chi connectivity index (χ3v) is 15.9. The Morgan fingerprint density at radius 1 is 0.488 bits per heavy atom. The molecule has 1 heterocycles. The van der Waals surface area contributed by atoms with Crippen LogP contribution in [0.1, 0.15) is 303 Å². The summed E-state index contributed by atoms with van der Waals surface area (Å²) in [5.41, 5.74) is 0. The molecule has 1 saturated heterocycles. The highest BCUT2D eigenvalue weighted by Crippen LogP contribution is 2.26. The van der Waals surface area contributed by atoms with Crippen LogP contribution in [0.25, 0.3) is 0 Å². The number of ether oxygens (including phenoxy) is 3. The number of allylic oxidation sites excluding steroid dienone is 11. The number of hydrogen-bond acceptors (Lipinski definition) is 10. The van der Waals surface area contributed by atoms with E-state index in [-0.39, 0.29) is 19.4 Å². The zero-order chi connectivity index (χ0) is 59.6. The maximum absolute atomic E-state index is 13.5. The average molecular weight is 1150 g/mol. The molecule has 8 unspecified atom stereocenters. The summed E-state index contributed by atoms with van der Waals surface area (Å²) in [7, 11) is 0. The molecule has 1 aliphatic rings. The van der Waals surface area contributed by atoms with Gasteiger partial charge in [-0.25, -0.2) is 0 Å². The van der Waals surface area contributed by atoms with Gasteiger partial charge in [0.2, 0.25) is 5.91 Å². The lowest BCUT2D eigenvalue weighted by Gasteiger charge is -2.41. The Hall–Kier alpha value is -2.90. The number of hydrogen-bond donors (Lipinski definition) is 6. The second kappa shape index (κ2) is 58.5. The van der Waals surface area contributed by atoms with Gasteiger partial charge in [-0.1, -0.05) is 299 Å². The van der Waals surface area contributed by atoms with Gasteiger partial charge in [0, 0.05) is 6.42 Å². The van der Waals surface area contributed by atoms with Crippen LogP contribution in [0.3, 0.4) is 0 Å². The zero-order valence-corrected chi connectivity index (χ0v) is 52.9. The summed E-state index contributed by atoms with van der Waals surface area (Å²) in [6.45, 7) is 5.65. The fourth-order valence-corrected chi connectivity index (χ4v) is 10.5. The third-order valence-electron chi connectivity index (χ3n) is 15.9. The molecule has 82 heavy (non-hydrogen) atoms. The van der Waals surface area contributed by atoms with E-state index in [1.807, 2.05) is 36.5 Å². The molecule has 0 spiro atoms. The Labute approximate surface area is 502 Å². The van der Waals surface area contributed by atoms with Crippen LogP contribution in [0.2, 0.25) is 0 Å². The number of unbranched alkanes of at least 4 members (excludes halogenated alkanes) is 37. The average Bonchev–Trinajstić information content (AvgIpc) is 3.44. The third kappa shape index (κ3) is 45.5. The van der Waals surface area contributed by atoms with Gasteiger partial charge in [-0.15, -0.1) is 0 Å². The molecule has 0 saturated carbocycles.